The number of ether oxygens (including phenoxy) is 1. The third kappa shape index (κ3) is 6.88. The monoisotopic (exact) mass is 517 g/mol. The van der Waals surface area contributed by atoms with Gasteiger partial charge in [0.1, 0.15) is 11.9 Å². The molecule has 0 bridgehead atoms. The molecule has 8 heteroatoms. The fraction of sp³-hybridized carbons (Fsp3) is 0.679. The molecular formula is C28H37F2N3O2S. The Morgan fingerprint density at radius 3 is 2.61 bits per heavy atom. The van der Waals surface area contributed by atoms with Crippen LogP contribution in [-0.2, 0) is 24.1 Å². The lowest BCUT2D eigenvalue weighted by Crippen LogP contribution is -2.43. The maximum atomic E-state index is 13.1. The Hall–Kier alpha value is -1.93. The number of halogens is 2. The molecule has 3 aliphatic rings. The number of pyridine rings is 1. The van der Waals surface area contributed by atoms with E-state index in [2.05, 4.69) is 20.9 Å². The van der Waals surface area contributed by atoms with Gasteiger partial charge >= 0.3 is 0 Å². The number of nitrogens with zero attached hydrogens (tertiary/aromatic N) is 3. The van der Waals surface area contributed by atoms with Crippen LogP contribution in [0.4, 0.5) is 8.78 Å². The maximum absolute atomic E-state index is 13.1. The van der Waals surface area contributed by atoms with Gasteiger partial charge in [-0.25, -0.2) is 18.7 Å². The number of hydrogen-bond acceptors (Lipinski definition) is 6. The van der Waals surface area contributed by atoms with Crippen molar-refractivity contribution in [1.82, 2.24) is 14.9 Å². The number of alkyl halides is 2. The highest BCUT2D eigenvalue weighted by Crippen LogP contribution is 2.39. The van der Waals surface area contributed by atoms with E-state index in [1.807, 2.05) is 19.2 Å². The van der Waals surface area contributed by atoms with Crippen molar-refractivity contribution in [2.45, 2.75) is 89.6 Å². The highest BCUT2D eigenvalue weighted by atomic mass is 32.1. The van der Waals surface area contributed by atoms with Crippen molar-refractivity contribution in [1.29, 1.82) is 0 Å². The van der Waals surface area contributed by atoms with E-state index in [4.69, 9.17) is 4.74 Å². The average molecular weight is 518 g/mol. The van der Waals surface area contributed by atoms with Gasteiger partial charge in [-0.05, 0) is 56.6 Å². The Morgan fingerprint density at radius 2 is 1.89 bits per heavy atom. The van der Waals surface area contributed by atoms with Gasteiger partial charge in [-0.15, -0.1) is 11.3 Å². The van der Waals surface area contributed by atoms with Crippen LogP contribution < -0.4 is 4.74 Å². The molecule has 2 aliphatic carbocycles. The minimum atomic E-state index is -2.57. The van der Waals surface area contributed by atoms with Crippen LogP contribution in [0.2, 0.25) is 0 Å². The molecule has 2 aromatic heterocycles. The highest BCUT2D eigenvalue weighted by Gasteiger charge is 2.47. The molecule has 0 radical (unpaired) electrons. The normalized spacial score (nSPS) is 24.5. The molecule has 0 N–H and O–H groups in total. The van der Waals surface area contributed by atoms with Crippen LogP contribution in [-0.4, -0.2) is 52.3 Å². The van der Waals surface area contributed by atoms with E-state index in [0.29, 0.717) is 24.0 Å². The van der Waals surface area contributed by atoms with Crippen molar-refractivity contribution in [2.24, 2.45) is 11.8 Å². The fourth-order valence-electron chi connectivity index (χ4n) is 5.92. The molecule has 1 aliphatic heterocycles. The molecule has 196 valence electrons. The van der Waals surface area contributed by atoms with E-state index in [0.717, 1.165) is 60.4 Å². The van der Waals surface area contributed by atoms with Gasteiger partial charge in [-0.3, -0.25) is 4.79 Å². The number of aromatic nitrogens is 2. The quantitative estimate of drug-likeness (QED) is 0.419. The van der Waals surface area contributed by atoms with Crippen LogP contribution in [0.1, 0.15) is 72.5 Å². The minimum absolute atomic E-state index is 0.204. The third-order valence-electron chi connectivity index (χ3n) is 8.12. The van der Waals surface area contributed by atoms with Crippen LogP contribution in [0.5, 0.6) is 5.88 Å². The number of rotatable bonds is 9. The van der Waals surface area contributed by atoms with E-state index < -0.39 is 12.0 Å². The summed E-state index contributed by atoms with van der Waals surface area (Å²) in [7, 11) is 0. The van der Waals surface area contributed by atoms with E-state index >= 15 is 0 Å². The Labute approximate surface area is 216 Å². The molecule has 5 nitrogen and oxygen atoms in total. The Kier molecular flexibility index (Phi) is 8.01. The first-order valence-electron chi connectivity index (χ1n) is 13.5. The first-order chi connectivity index (χ1) is 17.3. The molecule has 3 heterocycles. The van der Waals surface area contributed by atoms with Crippen molar-refractivity contribution in [3.8, 4) is 5.88 Å². The summed E-state index contributed by atoms with van der Waals surface area (Å²) in [6, 6.07) is 3.91. The number of ketones is 1. The topological polar surface area (TPSA) is 55.3 Å². The number of carbonyl (C=O) groups is 1. The van der Waals surface area contributed by atoms with E-state index in [-0.39, 0.29) is 12.8 Å². The summed E-state index contributed by atoms with van der Waals surface area (Å²) >= 11 is 1.63. The van der Waals surface area contributed by atoms with Gasteiger partial charge in [0.25, 0.3) is 5.92 Å². The van der Waals surface area contributed by atoms with Gasteiger partial charge in [0.05, 0.1) is 5.01 Å². The lowest BCUT2D eigenvalue weighted by atomic mass is 9.78. The van der Waals surface area contributed by atoms with Gasteiger partial charge in [-0.1, -0.05) is 18.9 Å². The van der Waals surface area contributed by atoms with E-state index in [1.165, 1.54) is 37.7 Å². The first kappa shape index (κ1) is 25.7. The molecule has 2 aromatic rings. The zero-order valence-electron chi connectivity index (χ0n) is 21.2. The molecule has 2 fully saturated rings. The molecule has 0 spiro atoms. The predicted octanol–water partition coefficient (Wildman–Crippen LogP) is 5.82. The number of hydrogen-bond donors (Lipinski definition) is 0. The van der Waals surface area contributed by atoms with E-state index in [1.54, 1.807) is 11.3 Å². The molecule has 2 saturated carbocycles. The van der Waals surface area contributed by atoms with Gasteiger partial charge in [0, 0.05) is 68.0 Å². The number of aryl methyl sites for hydroxylation is 1. The Bertz CT molecular complexity index is 1040. The summed E-state index contributed by atoms with van der Waals surface area (Å²) in [6.07, 6.45) is 10.1. The third-order valence-corrected chi connectivity index (χ3v) is 9.03. The van der Waals surface area contributed by atoms with Crippen LogP contribution in [0.25, 0.3) is 0 Å². The van der Waals surface area contributed by atoms with Crippen molar-refractivity contribution >= 4 is 17.1 Å². The summed E-state index contributed by atoms with van der Waals surface area (Å²) in [6.45, 7) is 5.10. The van der Waals surface area contributed by atoms with Crippen molar-refractivity contribution in [3.63, 3.8) is 0 Å². The summed E-state index contributed by atoms with van der Waals surface area (Å²) in [5.74, 6) is -0.428. The Morgan fingerprint density at radius 1 is 1.14 bits per heavy atom. The summed E-state index contributed by atoms with van der Waals surface area (Å²) in [5, 5.41) is 1.03. The first-order valence-corrected chi connectivity index (χ1v) is 14.3. The number of carbonyl (C=O) groups excluding carboxylic acids is 1. The van der Waals surface area contributed by atoms with Crippen LogP contribution in [0.15, 0.2) is 18.3 Å². The van der Waals surface area contributed by atoms with Crippen LogP contribution >= 0.6 is 11.3 Å². The zero-order valence-corrected chi connectivity index (χ0v) is 22.0. The van der Waals surface area contributed by atoms with Crippen molar-refractivity contribution < 1.29 is 18.3 Å². The molecule has 5 rings (SSSR count). The summed E-state index contributed by atoms with van der Waals surface area (Å²) < 4.78 is 31.9. The van der Waals surface area contributed by atoms with Crippen LogP contribution in [0, 0.1) is 18.8 Å². The lowest BCUT2D eigenvalue weighted by Gasteiger charge is -2.34. The second-order valence-corrected chi connectivity index (χ2v) is 12.4. The smallest absolute Gasteiger partial charge is 0.255 e. The second-order valence-electron chi connectivity index (χ2n) is 11.0. The molecule has 0 aromatic carbocycles. The number of Topliss-reactive ketones (excluding diaryl/α,β-unsaturated/α-hetero) is 1. The van der Waals surface area contributed by atoms with Crippen LogP contribution in [0.3, 0.4) is 0 Å². The van der Waals surface area contributed by atoms with Gasteiger partial charge < -0.3 is 9.64 Å². The average Bonchev–Trinajstić information content (AvgIpc) is 3.11. The highest BCUT2D eigenvalue weighted by molar-refractivity contribution is 7.11. The zero-order chi connectivity index (χ0) is 25.1. The predicted molar refractivity (Wildman–Crippen MR) is 137 cm³/mol. The summed E-state index contributed by atoms with van der Waals surface area (Å²) in [4.78, 5) is 25.0. The Balaban J connectivity index is 1.01. The minimum Gasteiger partial charge on any atom is -0.474 e. The van der Waals surface area contributed by atoms with Crippen molar-refractivity contribution in [3.05, 3.63) is 39.5 Å². The standard InChI is InChI=1S/C28H37F2N3O2S/c1-19-31-18-25(36-19)15-23(34)14-21-4-2-20(3-5-21)8-11-33-12-9-22-6-7-27(32-26(22)10-13-33)35-24-16-28(29,30)17-24/h6-7,18,20-21,24H,2-5,8-17H2,1H3. The molecule has 0 saturated heterocycles. The van der Waals surface area contributed by atoms with Gasteiger partial charge in [-0.2, -0.15) is 0 Å². The van der Waals surface area contributed by atoms with Gasteiger partial charge in [0.2, 0.25) is 5.88 Å². The number of fused-ring (bicyclic) bond motifs is 1. The second kappa shape index (κ2) is 11.2. The van der Waals surface area contributed by atoms with Gasteiger partial charge in [0.15, 0.2) is 0 Å². The number of thiazole rings is 1. The molecule has 0 unspecified atom stereocenters. The molecule has 0 atom stereocenters. The lowest BCUT2D eigenvalue weighted by molar-refractivity contribution is -0.135. The summed E-state index contributed by atoms with van der Waals surface area (Å²) in [5.41, 5.74) is 2.31. The molecule has 36 heavy (non-hydrogen) atoms. The largest absolute Gasteiger partial charge is 0.474 e. The maximum Gasteiger partial charge on any atom is 0.255 e. The molecular weight excluding hydrogens is 480 g/mol. The van der Waals surface area contributed by atoms with Crippen molar-refractivity contribution in [2.75, 3.05) is 19.6 Å². The van der Waals surface area contributed by atoms with E-state index in [9.17, 15) is 13.6 Å². The fourth-order valence-corrected chi connectivity index (χ4v) is 6.75. The molecule has 0 amide bonds. The SMILES string of the molecule is Cc1ncc(CC(=O)CC2CCC(CCN3CCc4ccc(OC5CC(F)(F)C5)nc4CC3)CC2)s1.